The number of rotatable bonds is 0. The quantitative estimate of drug-likeness (QED) is 0.624. The van der Waals surface area contributed by atoms with Gasteiger partial charge in [0.05, 0.1) is 0 Å². The predicted molar refractivity (Wildman–Crippen MR) is 52.5 cm³/mol. The summed E-state index contributed by atoms with van der Waals surface area (Å²) in [6.45, 7) is 0. The van der Waals surface area contributed by atoms with Gasteiger partial charge < -0.3 is 10.8 Å². The van der Waals surface area contributed by atoms with E-state index in [1.54, 1.807) is 6.07 Å². The number of hydrogen-bond donors (Lipinski definition) is 2. The highest BCUT2D eigenvalue weighted by molar-refractivity contribution is 5.39. The third kappa shape index (κ3) is 1.48. The minimum atomic E-state index is -0.486. The Labute approximate surface area is 82.5 Å². The van der Waals surface area contributed by atoms with Crippen LogP contribution in [0, 0.1) is 5.82 Å². The zero-order valence-electron chi connectivity index (χ0n) is 7.96. The van der Waals surface area contributed by atoms with Gasteiger partial charge in [-0.1, -0.05) is 12.5 Å². The van der Waals surface area contributed by atoms with E-state index in [2.05, 4.69) is 0 Å². The van der Waals surface area contributed by atoms with Crippen molar-refractivity contribution in [1.82, 2.24) is 0 Å². The molecule has 1 aromatic rings. The van der Waals surface area contributed by atoms with Gasteiger partial charge in [-0.2, -0.15) is 0 Å². The zero-order chi connectivity index (χ0) is 10.1. The van der Waals surface area contributed by atoms with Gasteiger partial charge in [-0.25, -0.2) is 4.39 Å². The first-order chi connectivity index (χ1) is 6.70. The first kappa shape index (κ1) is 9.46. The van der Waals surface area contributed by atoms with E-state index in [0.717, 1.165) is 24.8 Å². The molecule has 1 aromatic carbocycles. The molecule has 1 atom stereocenters. The maximum Gasteiger partial charge on any atom is 0.168 e. The van der Waals surface area contributed by atoms with Crippen molar-refractivity contribution in [3.63, 3.8) is 0 Å². The Bertz CT molecular complexity index is 351. The number of hydrogen-bond acceptors (Lipinski definition) is 2. The van der Waals surface area contributed by atoms with Gasteiger partial charge in [-0.15, -0.1) is 0 Å². The number of halogens is 1. The molecule has 0 radical (unpaired) electrons. The van der Waals surface area contributed by atoms with Gasteiger partial charge in [0.2, 0.25) is 0 Å². The van der Waals surface area contributed by atoms with Crippen LogP contribution in [0.2, 0.25) is 0 Å². The highest BCUT2D eigenvalue weighted by atomic mass is 19.1. The second kappa shape index (κ2) is 3.58. The van der Waals surface area contributed by atoms with E-state index in [1.807, 2.05) is 0 Å². The van der Waals surface area contributed by atoms with Gasteiger partial charge in [0, 0.05) is 6.04 Å². The fourth-order valence-electron chi connectivity index (χ4n) is 2.05. The number of nitrogens with two attached hydrogens (primary N) is 1. The molecule has 0 saturated carbocycles. The number of benzene rings is 1. The van der Waals surface area contributed by atoms with Gasteiger partial charge in [0.25, 0.3) is 0 Å². The molecule has 0 fully saturated rings. The molecule has 0 aromatic heterocycles. The highest BCUT2D eigenvalue weighted by Crippen LogP contribution is 2.32. The van der Waals surface area contributed by atoms with Crippen molar-refractivity contribution in [3.05, 3.63) is 29.1 Å². The molecule has 1 aliphatic carbocycles. The minimum Gasteiger partial charge on any atom is -0.505 e. The summed E-state index contributed by atoms with van der Waals surface area (Å²) in [6, 6.07) is 3.05. The van der Waals surface area contributed by atoms with Crippen LogP contribution in [-0.2, 0) is 6.42 Å². The molecular formula is C11H14FNO. The van der Waals surface area contributed by atoms with Crippen LogP contribution in [0.4, 0.5) is 4.39 Å². The van der Waals surface area contributed by atoms with E-state index < -0.39 is 5.82 Å². The molecule has 0 unspecified atom stereocenters. The number of phenolic OH excluding ortho intramolecular Hbond substituents is 1. The second-order valence-corrected chi connectivity index (χ2v) is 3.82. The zero-order valence-corrected chi connectivity index (χ0v) is 7.96. The van der Waals surface area contributed by atoms with Crippen LogP contribution < -0.4 is 5.73 Å². The molecule has 3 heteroatoms. The average Bonchev–Trinajstić information content (AvgIpc) is 2.35. The van der Waals surface area contributed by atoms with E-state index in [9.17, 15) is 9.50 Å². The molecule has 76 valence electrons. The lowest BCUT2D eigenvalue weighted by molar-refractivity contribution is 0.427. The molecule has 2 rings (SSSR count). The maximum absolute atomic E-state index is 13.5. The van der Waals surface area contributed by atoms with Crippen LogP contribution in [-0.4, -0.2) is 5.11 Å². The summed E-state index contributed by atoms with van der Waals surface area (Å²) in [6.07, 6.45) is 3.55. The Morgan fingerprint density at radius 1 is 1.36 bits per heavy atom. The molecule has 14 heavy (non-hydrogen) atoms. The van der Waals surface area contributed by atoms with Crippen LogP contribution in [0.15, 0.2) is 12.1 Å². The molecule has 0 amide bonds. The summed E-state index contributed by atoms with van der Waals surface area (Å²) >= 11 is 0. The third-order valence-corrected chi connectivity index (χ3v) is 2.85. The largest absolute Gasteiger partial charge is 0.505 e. The summed E-state index contributed by atoms with van der Waals surface area (Å²) in [7, 11) is 0. The number of fused-ring (bicyclic) bond motifs is 1. The van der Waals surface area contributed by atoms with Crippen molar-refractivity contribution >= 4 is 0 Å². The second-order valence-electron chi connectivity index (χ2n) is 3.82. The van der Waals surface area contributed by atoms with E-state index in [4.69, 9.17) is 5.73 Å². The molecule has 0 bridgehead atoms. The van der Waals surface area contributed by atoms with Crippen LogP contribution in [0.25, 0.3) is 0 Å². The van der Waals surface area contributed by atoms with E-state index in [1.165, 1.54) is 6.07 Å². The topological polar surface area (TPSA) is 46.2 Å². The summed E-state index contributed by atoms with van der Waals surface area (Å²) in [5.74, 6) is -0.752. The van der Waals surface area contributed by atoms with Gasteiger partial charge in [0.15, 0.2) is 11.6 Å². The van der Waals surface area contributed by atoms with E-state index >= 15 is 0 Å². The number of phenols is 1. The molecule has 0 heterocycles. The predicted octanol–water partition coefficient (Wildman–Crippen LogP) is 2.26. The fraction of sp³-hybridized carbons (Fsp3) is 0.455. The Hall–Kier alpha value is -1.09. The fourth-order valence-corrected chi connectivity index (χ4v) is 2.05. The van der Waals surface area contributed by atoms with Crippen molar-refractivity contribution in [2.24, 2.45) is 5.73 Å². The molecule has 0 aliphatic heterocycles. The van der Waals surface area contributed by atoms with Crippen molar-refractivity contribution < 1.29 is 9.50 Å². The molecule has 3 N–H and O–H groups in total. The Balaban J connectivity index is 2.53. The maximum atomic E-state index is 13.5. The highest BCUT2D eigenvalue weighted by Gasteiger charge is 2.19. The molecular weight excluding hydrogens is 181 g/mol. The Kier molecular flexibility index (Phi) is 2.42. The standard InChI is InChI=1S/C11H14FNO/c12-11-8-3-1-2-4-9(13)7(8)5-6-10(11)14/h5-6,9,14H,1-4,13H2/t9-/m1/s1. The van der Waals surface area contributed by atoms with Crippen molar-refractivity contribution in [1.29, 1.82) is 0 Å². The lowest BCUT2D eigenvalue weighted by atomic mass is 9.99. The molecule has 1 aliphatic rings. The van der Waals surface area contributed by atoms with Gasteiger partial charge in [-0.3, -0.25) is 0 Å². The molecule has 2 nitrogen and oxygen atoms in total. The van der Waals surface area contributed by atoms with Gasteiger partial charge in [0.1, 0.15) is 0 Å². The first-order valence-corrected chi connectivity index (χ1v) is 4.96. The molecule has 0 saturated heterocycles. The monoisotopic (exact) mass is 195 g/mol. The van der Waals surface area contributed by atoms with Crippen molar-refractivity contribution in [3.8, 4) is 5.75 Å². The lowest BCUT2D eigenvalue weighted by Crippen LogP contribution is -2.11. The molecule has 0 spiro atoms. The summed E-state index contributed by atoms with van der Waals surface area (Å²) < 4.78 is 13.5. The average molecular weight is 195 g/mol. The summed E-state index contributed by atoms with van der Waals surface area (Å²) in [5.41, 5.74) is 7.38. The Morgan fingerprint density at radius 3 is 2.93 bits per heavy atom. The van der Waals surface area contributed by atoms with Crippen molar-refractivity contribution in [2.45, 2.75) is 31.7 Å². The van der Waals surface area contributed by atoms with E-state index in [0.29, 0.717) is 12.0 Å². The summed E-state index contributed by atoms with van der Waals surface area (Å²) in [4.78, 5) is 0. The van der Waals surface area contributed by atoms with Crippen LogP contribution >= 0.6 is 0 Å². The smallest absolute Gasteiger partial charge is 0.168 e. The summed E-state index contributed by atoms with van der Waals surface area (Å²) in [5, 5.41) is 9.24. The lowest BCUT2D eigenvalue weighted by Gasteiger charge is -2.13. The van der Waals surface area contributed by atoms with Crippen LogP contribution in [0.1, 0.15) is 36.4 Å². The SMILES string of the molecule is N[C@@H]1CCCCc2c1ccc(O)c2F. The van der Waals surface area contributed by atoms with Gasteiger partial charge >= 0.3 is 0 Å². The third-order valence-electron chi connectivity index (χ3n) is 2.85. The van der Waals surface area contributed by atoms with Gasteiger partial charge in [-0.05, 0) is 36.5 Å². The normalized spacial score (nSPS) is 21.4. The Morgan fingerprint density at radius 2 is 2.14 bits per heavy atom. The van der Waals surface area contributed by atoms with E-state index in [-0.39, 0.29) is 11.8 Å². The number of aromatic hydroxyl groups is 1. The minimum absolute atomic E-state index is 0.0809. The van der Waals surface area contributed by atoms with Crippen LogP contribution in [0.3, 0.4) is 0 Å². The van der Waals surface area contributed by atoms with Crippen LogP contribution in [0.5, 0.6) is 5.75 Å². The van der Waals surface area contributed by atoms with Crippen molar-refractivity contribution in [2.75, 3.05) is 0 Å². The first-order valence-electron chi connectivity index (χ1n) is 4.96.